The van der Waals surface area contributed by atoms with Gasteiger partial charge in [0.2, 0.25) is 23.6 Å². The van der Waals surface area contributed by atoms with Crippen LogP contribution in [-0.4, -0.2) is 53.4 Å². The van der Waals surface area contributed by atoms with Crippen molar-refractivity contribution in [3.63, 3.8) is 0 Å². The van der Waals surface area contributed by atoms with E-state index < -0.39 is 66.4 Å². The Morgan fingerprint density at radius 3 is 2.15 bits per heavy atom. The molecule has 23 heteroatoms. The van der Waals surface area contributed by atoms with Crippen LogP contribution in [0.1, 0.15) is 6.92 Å². The van der Waals surface area contributed by atoms with Crippen LogP contribution < -0.4 is 80.2 Å². The number of nitrogens with zero attached hydrogens (tertiary/aromatic N) is 5. The molecule has 0 saturated carbocycles. The van der Waals surface area contributed by atoms with Gasteiger partial charge in [0.1, 0.15) is 26.8 Å². The van der Waals surface area contributed by atoms with Crippen molar-refractivity contribution in [1.82, 2.24) is 15.0 Å². The second kappa shape index (κ2) is 16.2. The first-order valence-corrected chi connectivity index (χ1v) is 14.8. The van der Waals surface area contributed by atoms with Crippen LogP contribution in [0.25, 0.3) is 10.8 Å². The van der Waals surface area contributed by atoms with Crippen molar-refractivity contribution in [1.29, 1.82) is 0 Å². The zero-order valence-electron chi connectivity index (χ0n) is 24.4. The molecule has 0 aliphatic heterocycles. The minimum absolute atomic E-state index is 0. The van der Waals surface area contributed by atoms with E-state index in [0.29, 0.717) is 0 Å². The summed E-state index contributed by atoms with van der Waals surface area (Å²) in [6.07, 6.45) is -2.59. The van der Waals surface area contributed by atoms with Gasteiger partial charge in [0.05, 0.1) is 32.5 Å². The van der Waals surface area contributed by atoms with Crippen molar-refractivity contribution in [3.05, 3.63) is 60.4 Å². The van der Waals surface area contributed by atoms with E-state index in [4.69, 9.17) is 10.5 Å². The SMILES string of the molecule is CC(=O)Nc1cc(N=Nc2cc(S(=O)(=O)[O-])c3cccc(S(=O)(=O)[O-])c3c2)ccc1Nc1nc(N)nc(OCC(F)=C(F)F)n1.[Na+].[Na+]. The number of azo groups is 1. The maximum atomic E-state index is 13.1. The van der Waals surface area contributed by atoms with Crippen molar-refractivity contribution in [2.75, 3.05) is 23.0 Å². The molecule has 0 unspecified atom stereocenters. The molecule has 1 aromatic heterocycles. The number of halogens is 3. The zero-order valence-corrected chi connectivity index (χ0v) is 30.0. The number of fused-ring (bicyclic) bond motifs is 1. The number of nitrogens with two attached hydrogens (primary N) is 1. The molecule has 0 spiro atoms. The summed E-state index contributed by atoms with van der Waals surface area (Å²) in [6, 6.07) is 8.44. The van der Waals surface area contributed by atoms with Crippen molar-refractivity contribution in [2.24, 2.45) is 10.2 Å². The Balaban J connectivity index is 0.00000384. The third-order valence-electron chi connectivity index (χ3n) is 5.45. The molecule has 0 saturated heterocycles. The molecule has 0 aliphatic carbocycles. The van der Waals surface area contributed by atoms with Gasteiger partial charge >= 0.3 is 71.2 Å². The molecule has 0 fully saturated rings. The van der Waals surface area contributed by atoms with Crippen LogP contribution >= 0.6 is 0 Å². The maximum Gasteiger partial charge on any atom is 1.00 e. The third-order valence-corrected chi connectivity index (χ3v) is 7.22. The molecule has 4 rings (SSSR count). The molecule has 16 nitrogen and oxygen atoms in total. The summed E-state index contributed by atoms with van der Waals surface area (Å²) >= 11 is 0. The average Bonchev–Trinajstić information content (AvgIpc) is 2.93. The molecule has 236 valence electrons. The smallest absolute Gasteiger partial charge is 0.744 e. The minimum atomic E-state index is -5.16. The number of hydrogen-bond acceptors (Lipinski definition) is 15. The van der Waals surface area contributed by atoms with Crippen LogP contribution in [0.2, 0.25) is 0 Å². The first kappa shape index (κ1) is 39.9. The van der Waals surface area contributed by atoms with E-state index in [1.807, 2.05) is 0 Å². The molecule has 47 heavy (non-hydrogen) atoms. The van der Waals surface area contributed by atoms with E-state index in [2.05, 4.69) is 35.8 Å². The number of aromatic nitrogens is 3. The van der Waals surface area contributed by atoms with Gasteiger partial charge in [0.15, 0.2) is 0 Å². The summed E-state index contributed by atoms with van der Waals surface area (Å²) in [7, 11) is -10.2. The minimum Gasteiger partial charge on any atom is -0.744 e. The monoisotopic (exact) mass is 712 g/mol. The summed E-state index contributed by atoms with van der Waals surface area (Å²) in [5, 5.41) is 12.3. The molecule has 1 heterocycles. The standard InChI is InChI=1S/C24H19F3N8O8S2.2Na/c1-11(36)29-18-8-12(5-6-17(18)30-23-31-22(28)32-24(33-23)43-10-16(25)21(26)27)34-35-13-7-15-14(20(9-13)45(40,41)42)3-2-4-19(15)44(37,38)39;;/h2-9H,10H2,1H3,(H,29,36)(H,37,38,39)(H,40,41,42)(H3,28,30,31,32,33);;/q;2*+1/p-2. The van der Waals surface area contributed by atoms with Crippen LogP contribution in [0.5, 0.6) is 6.01 Å². The van der Waals surface area contributed by atoms with E-state index in [-0.39, 0.29) is 98.6 Å². The number of carbonyl (C=O) groups is 1. The van der Waals surface area contributed by atoms with Crippen molar-refractivity contribution in [3.8, 4) is 6.01 Å². The van der Waals surface area contributed by atoms with Crippen LogP contribution in [-0.2, 0) is 25.0 Å². The predicted molar refractivity (Wildman–Crippen MR) is 148 cm³/mol. The van der Waals surface area contributed by atoms with Gasteiger partial charge in [-0.3, -0.25) is 4.79 Å². The third kappa shape index (κ3) is 10.6. The Hall–Kier alpha value is -3.25. The van der Waals surface area contributed by atoms with Gasteiger partial charge in [0.25, 0.3) is 0 Å². The Labute approximate surface area is 308 Å². The van der Waals surface area contributed by atoms with Gasteiger partial charge in [-0.1, -0.05) is 12.1 Å². The van der Waals surface area contributed by atoms with Crippen LogP contribution in [0, 0.1) is 0 Å². The number of nitrogens with one attached hydrogen (secondary N) is 2. The Kier molecular flexibility index (Phi) is 13.8. The fraction of sp³-hybridized carbons (Fsp3) is 0.0833. The topological polar surface area (TPSA) is 254 Å². The van der Waals surface area contributed by atoms with E-state index in [0.717, 1.165) is 30.3 Å². The number of rotatable bonds is 10. The van der Waals surface area contributed by atoms with E-state index in [1.54, 1.807) is 0 Å². The fourth-order valence-corrected chi connectivity index (χ4v) is 5.10. The molecule has 1 amide bonds. The second-order valence-electron chi connectivity index (χ2n) is 8.69. The summed E-state index contributed by atoms with van der Waals surface area (Å²) in [5.41, 5.74) is 5.49. The number of benzene rings is 3. The first-order chi connectivity index (χ1) is 21.0. The average molecular weight is 713 g/mol. The van der Waals surface area contributed by atoms with Crippen LogP contribution in [0.4, 0.5) is 47.8 Å². The molecular weight excluding hydrogens is 695 g/mol. The molecule has 4 N–H and O–H groups in total. The van der Waals surface area contributed by atoms with Gasteiger partial charge in [-0.05, 0) is 36.4 Å². The van der Waals surface area contributed by atoms with Gasteiger partial charge in [-0.2, -0.15) is 34.0 Å². The summed E-state index contributed by atoms with van der Waals surface area (Å²) in [4.78, 5) is 21.4. The van der Waals surface area contributed by atoms with Crippen LogP contribution in [0.15, 0.2) is 80.5 Å². The molecule has 3 aromatic carbocycles. The molecule has 0 aliphatic rings. The molecule has 4 aromatic rings. The van der Waals surface area contributed by atoms with Gasteiger partial charge in [-0.25, -0.2) is 21.2 Å². The quantitative estimate of drug-likeness (QED) is 0.0915. The largest absolute Gasteiger partial charge is 1.00 e. The van der Waals surface area contributed by atoms with Crippen molar-refractivity contribution < 1.29 is 108 Å². The van der Waals surface area contributed by atoms with E-state index >= 15 is 0 Å². The molecular formula is C24H17F3N8Na2O8S2. The van der Waals surface area contributed by atoms with Gasteiger partial charge in [-0.15, -0.1) is 0 Å². The summed E-state index contributed by atoms with van der Waals surface area (Å²) in [5.74, 6) is -3.13. The van der Waals surface area contributed by atoms with Gasteiger partial charge < -0.3 is 30.2 Å². The first-order valence-electron chi connectivity index (χ1n) is 11.9. The Morgan fingerprint density at radius 1 is 0.872 bits per heavy atom. The number of anilines is 4. The van der Waals surface area contributed by atoms with E-state index in [9.17, 15) is 43.9 Å². The maximum absolute atomic E-state index is 13.1. The zero-order chi connectivity index (χ0) is 33.1. The normalized spacial score (nSPS) is 11.4. The Morgan fingerprint density at radius 2 is 1.53 bits per heavy atom. The van der Waals surface area contributed by atoms with E-state index in [1.165, 1.54) is 25.1 Å². The number of nitrogen functional groups attached to an aromatic ring is 1. The number of carbonyl (C=O) groups excluding carboxylic acids is 1. The van der Waals surface area contributed by atoms with Crippen molar-refractivity contribution >= 4 is 71.6 Å². The summed E-state index contributed by atoms with van der Waals surface area (Å²) in [6.45, 7) is -0.00589. The Bertz CT molecular complexity index is 2120. The molecule has 0 radical (unpaired) electrons. The number of ether oxygens (including phenoxy) is 1. The fourth-order valence-electron chi connectivity index (χ4n) is 3.70. The number of hydrogen-bond donors (Lipinski definition) is 3. The summed E-state index contributed by atoms with van der Waals surface area (Å²) < 4.78 is 114. The molecule has 0 atom stereocenters. The second-order valence-corrected chi connectivity index (χ2v) is 11.4. The van der Waals surface area contributed by atoms with Crippen molar-refractivity contribution in [2.45, 2.75) is 16.7 Å². The van der Waals surface area contributed by atoms with Crippen LogP contribution in [0.3, 0.4) is 0 Å². The number of amides is 1. The van der Waals surface area contributed by atoms with Gasteiger partial charge in [0, 0.05) is 17.7 Å². The molecule has 0 bridgehead atoms. The predicted octanol–water partition coefficient (Wildman–Crippen LogP) is -2.00.